The summed E-state index contributed by atoms with van der Waals surface area (Å²) in [6, 6.07) is 15.0. The maximum Gasteiger partial charge on any atom is 0.343 e. The predicted molar refractivity (Wildman–Crippen MR) is 80.8 cm³/mol. The molecule has 22 heavy (non-hydrogen) atoms. The van der Waals surface area contributed by atoms with Gasteiger partial charge in [0, 0.05) is 10.9 Å². The number of para-hydroxylation sites is 1. The maximum absolute atomic E-state index is 11.6. The summed E-state index contributed by atoms with van der Waals surface area (Å²) < 4.78 is 0. The molecule has 0 atom stereocenters. The van der Waals surface area contributed by atoms with Crippen LogP contribution in [0.5, 0.6) is 0 Å². The molecule has 0 saturated carbocycles. The van der Waals surface area contributed by atoms with Crippen molar-refractivity contribution in [1.82, 2.24) is 4.98 Å². The highest BCUT2D eigenvalue weighted by molar-refractivity contribution is 6.08. The van der Waals surface area contributed by atoms with E-state index in [0.717, 1.165) is 0 Å². The van der Waals surface area contributed by atoms with Crippen LogP contribution in [0.4, 0.5) is 5.69 Å². The standard InChI is InChI=1S/C16H10N2O4/c19-16(20)13-11-8-4-5-9-12(11)17-14(15(13)18(21)22)10-6-2-1-3-7-10/h1-9H,(H,19,20). The van der Waals surface area contributed by atoms with Crippen LogP contribution in [0, 0.1) is 10.1 Å². The number of hydrogen-bond donors (Lipinski definition) is 1. The molecule has 0 amide bonds. The van der Waals surface area contributed by atoms with Crippen molar-refractivity contribution in [3.05, 3.63) is 70.3 Å². The van der Waals surface area contributed by atoms with Gasteiger partial charge in [-0.3, -0.25) is 10.1 Å². The van der Waals surface area contributed by atoms with Crippen LogP contribution >= 0.6 is 0 Å². The summed E-state index contributed by atoms with van der Waals surface area (Å²) in [5, 5.41) is 21.2. The number of aromatic nitrogens is 1. The lowest BCUT2D eigenvalue weighted by molar-refractivity contribution is -0.384. The fourth-order valence-electron chi connectivity index (χ4n) is 2.39. The summed E-state index contributed by atoms with van der Waals surface area (Å²) >= 11 is 0. The molecule has 1 heterocycles. The monoisotopic (exact) mass is 294 g/mol. The van der Waals surface area contributed by atoms with Gasteiger partial charge in [0.05, 0.1) is 10.4 Å². The fraction of sp³-hybridized carbons (Fsp3) is 0. The van der Waals surface area contributed by atoms with Gasteiger partial charge in [0.1, 0.15) is 11.3 Å². The molecule has 108 valence electrons. The van der Waals surface area contributed by atoms with Crippen LogP contribution in [0.25, 0.3) is 22.2 Å². The molecule has 0 saturated heterocycles. The zero-order valence-corrected chi connectivity index (χ0v) is 11.3. The van der Waals surface area contributed by atoms with E-state index in [2.05, 4.69) is 4.98 Å². The smallest absolute Gasteiger partial charge is 0.343 e. The number of carboxylic acid groups (broad SMARTS) is 1. The van der Waals surface area contributed by atoms with Crippen molar-refractivity contribution in [1.29, 1.82) is 0 Å². The summed E-state index contributed by atoms with van der Waals surface area (Å²) in [6.07, 6.45) is 0. The lowest BCUT2D eigenvalue weighted by atomic mass is 10.0. The van der Waals surface area contributed by atoms with E-state index in [9.17, 15) is 20.0 Å². The number of fused-ring (bicyclic) bond motifs is 1. The van der Waals surface area contributed by atoms with Gasteiger partial charge in [-0.25, -0.2) is 9.78 Å². The molecule has 0 aliphatic heterocycles. The molecule has 0 spiro atoms. The first-order valence-corrected chi connectivity index (χ1v) is 6.45. The van der Waals surface area contributed by atoms with Gasteiger partial charge < -0.3 is 5.11 Å². The van der Waals surface area contributed by atoms with E-state index in [1.54, 1.807) is 48.5 Å². The summed E-state index contributed by atoms with van der Waals surface area (Å²) in [7, 11) is 0. The third-order valence-corrected chi connectivity index (χ3v) is 3.31. The van der Waals surface area contributed by atoms with Crippen molar-refractivity contribution in [3.63, 3.8) is 0 Å². The van der Waals surface area contributed by atoms with Gasteiger partial charge >= 0.3 is 11.7 Å². The summed E-state index contributed by atoms with van der Waals surface area (Å²) in [5.41, 5.74) is 0.139. The number of benzene rings is 2. The molecular formula is C16H10N2O4. The zero-order valence-electron chi connectivity index (χ0n) is 11.3. The van der Waals surface area contributed by atoms with Crippen molar-refractivity contribution < 1.29 is 14.8 Å². The molecular weight excluding hydrogens is 284 g/mol. The molecule has 1 aromatic heterocycles. The number of nitro groups is 1. The van der Waals surface area contributed by atoms with Crippen LogP contribution in [-0.2, 0) is 0 Å². The minimum atomic E-state index is -1.34. The molecule has 6 nitrogen and oxygen atoms in total. The molecule has 6 heteroatoms. The summed E-state index contributed by atoms with van der Waals surface area (Å²) in [6.45, 7) is 0. The second kappa shape index (κ2) is 5.25. The van der Waals surface area contributed by atoms with E-state index in [-0.39, 0.29) is 16.6 Å². The van der Waals surface area contributed by atoms with E-state index < -0.39 is 16.6 Å². The first kappa shape index (κ1) is 13.7. The van der Waals surface area contributed by atoms with Gasteiger partial charge in [-0.1, -0.05) is 48.5 Å². The Kier molecular flexibility index (Phi) is 3.27. The number of rotatable bonds is 3. The third kappa shape index (κ3) is 2.16. The quantitative estimate of drug-likeness (QED) is 0.589. The number of nitrogens with zero attached hydrogens (tertiary/aromatic N) is 2. The topological polar surface area (TPSA) is 93.3 Å². The van der Waals surface area contributed by atoms with Crippen molar-refractivity contribution in [2.45, 2.75) is 0 Å². The molecule has 3 rings (SSSR count). The number of carboxylic acids is 1. The third-order valence-electron chi connectivity index (χ3n) is 3.31. The first-order chi connectivity index (χ1) is 10.6. The molecule has 0 unspecified atom stereocenters. The fourth-order valence-corrected chi connectivity index (χ4v) is 2.39. The van der Waals surface area contributed by atoms with Crippen LogP contribution in [0.1, 0.15) is 10.4 Å². The van der Waals surface area contributed by atoms with E-state index in [4.69, 9.17) is 0 Å². The Morgan fingerprint density at radius 2 is 1.68 bits per heavy atom. The van der Waals surface area contributed by atoms with Gasteiger partial charge in [0.15, 0.2) is 0 Å². The molecule has 3 aromatic rings. The average Bonchev–Trinajstić information content (AvgIpc) is 2.53. The van der Waals surface area contributed by atoms with Gasteiger partial charge in [-0.05, 0) is 6.07 Å². The maximum atomic E-state index is 11.6. The van der Waals surface area contributed by atoms with Crippen LogP contribution in [0.15, 0.2) is 54.6 Å². The van der Waals surface area contributed by atoms with Gasteiger partial charge in [-0.2, -0.15) is 0 Å². The molecule has 0 fully saturated rings. The Hall–Kier alpha value is -3.28. The number of pyridine rings is 1. The van der Waals surface area contributed by atoms with Crippen molar-refractivity contribution in [2.75, 3.05) is 0 Å². The number of aromatic carboxylic acids is 1. The van der Waals surface area contributed by atoms with Gasteiger partial charge in [-0.15, -0.1) is 0 Å². The minimum absolute atomic E-state index is 0.0571. The molecule has 0 aliphatic carbocycles. The second-order valence-electron chi connectivity index (χ2n) is 4.63. The van der Waals surface area contributed by atoms with Crippen molar-refractivity contribution in [2.24, 2.45) is 0 Å². The minimum Gasteiger partial charge on any atom is -0.477 e. The van der Waals surface area contributed by atoms with Gasteiger partial charge in [0.25, 0.3) is 0 Å². The average molecular weight is 294 g/mol. The molecule has 0 bridgehead atoms. The predicted octanol–water partition coefficient (Wildman–Crippen LogP) is 3.51. The van der Waals surface area contributed by atoms with E-state index in [1.165, 1.54) is 6.07 Å². The Labute approximate surface area is 124 Å². The highest BCUT2D eigenvalue weighted by atomic mass is 16.6. The molecule has 0 radical (unpaired) electrons. The number of carbonyl (C=O) groups is 1. The second-order valence-corrected chi connectivity index (χ2v) is 4.63. The van der Waals surface area contributed by atoms with E-state index in [1.807, 2.05) is 0 Å². The summed E-state index contributed by atoms with van der Waals surface area (Å²) in [4.78, 5) is 26.7. The van der Waals surface area contributed by atoms with E-state index >= 15 is 0 Å². The van der Waals surface area contributed by atoms with Crippen molar-refractivity contribution in [3.8, 4) is 11.3 Å². The lowest BCUT2D eigenvalue weighted by Gasteiger charge is -2.08. The summed E-state index contributed by atoms with van der Waals surface area (Å²) in [5.74, 6) is -1.34. The first-order valence-electron chi connectivity index (χ1n) is 6.45. The van der Waals surface area contributed by atoms with Crippen LogP contribution in [-0.4, -0.2) is 21.0 Å². The Morgan fingerprint density at radius 1 is 1.05 bits per heavy atom. The highest BCUT2D eigenvalue weighted by Crippen LogP contribution is 2.35. The Balaban J connectivity index is 2.49. The largest absolute Gasteiger partial charge is 0.477 e. The number of hydrogen-bond acceptors (Lipinski definition) is 4. The molecule has 1 N–H and O–H groups in total. The van der Waals surface area contributed by atoms with Crippen LogP contribution in [0.2, 0.25) is 0 Å². The highest BCUT2D eigenvalue weighted by Gasteiger charge is 2.29. The molecule has 2 aromatic carbocycles. The Bertz CT molecular complexity index is 891. The zero-order chi connectivity index (χ0) is 15.7. The lowest BCUT2D eigenvalue weighted by Crippen LogP contribution is -2.07. The van der Waals surface area contributed by atoms with Crippen LogP contribution < -0.4 is 0 Å². The molecule has 0 aliphatic rings. The van der Waals surface area contributed by atoms with E-state index in [0.29, 0.717) is 11.1 Å². The van der Waals surface area contributed by atoms with Gasteiger partial charge in [0.2, 0.25) is 0 Å². The Morgan fingerprint density at radius 3 is 2.32 bits per heavy atom. The van der Waals surface area contributed by atoms with Crippen molar-refractivity contribution >= 4 is 22.6 Å². The van der Waals surface area contributed by atoms with Crippen LogP contribution in [0.3, 0.4) is 0 Å². The normalized spacial score (nSPS) is 10.5. The SMILES string of the molecule is O=C(O)c1c([N+](=O)[O-])c(-c2ccccc2)nc2ccccc12.